The Morgan fingerprint density at radius 3 is 2.56 bits per heavy atom. The van der Waals surface area contributed by atoms with Gasteiger partial charge in [0.1, 0.15) is 12.1 Å². The fourth-order valence-electron chi connectivity index (χ4n) is 4.50. The fraction of sp³-hybridized carbons (Fsp3) is 0.360. The molecule has 2 heterocycles. The zero-order valence-corrected chi connectivity index (χ0v) is 18.0. The number of oxazole rings is 1. The van der Waals surface area contributed by atoms with Crippen LogP contribution in [0.2, 0.25) is 0 Å². The van der Waals surface area contributed by atoms with E-state index in [0.29, 0.717) is 24.7 Å². The summed E-state index contributed by atoms with van der Waals surface area (Å²) in [6.45, 7) is 4.55. The molecule has 7 heteroatoms. The molecule has 1 aliphatic carbocycles. The Labute approximate surface area is 187 Å². The Balaban J connectivity index is 1.12. The third-order valence-electron chi connectivity index (χ3n) is 6.32. The number of aromatic nitrogens is 1. The molecule has 166 valence electrons. The van der Waals surface area contributed by atoms with E-state index >= 15 is 0 Å². The fourth-order valence-corrected chi connectivity index (χ4v) is 4.50. The van der Waals surface area contributed by atoms with Crippen molar-refractivity contribution in [3.05, 3.63) is 82.8 Å². The lowest BCUT2D eigenvalue weighted by atomic mass is 10.1. The number of nitrogens with zero attached hydrogens (tertiary/aromatic N) is 3. The number of rotatable bonds is 6. The lowest BCUT2D eigenvalue weighted by Crippen LogP contribution is -2.45. The van der Waals surface area contributed by atoms with Crippen molar-refractivity contribution in [2.24, 2.45) is 0 Å². The molecule has 0 unspecified atom stereocenters. The van der Waals surface area contributed by atoms with Gasteiger partial charge < -0.3 is 9.73 Å². The molecule has 5 rings (SSSR count). The summed E-state index contributed by atoms with van der Waals surface area (Å²) in [4.78, 5) is 21.5. The van der Waals surface area contributed by atoms with Crippen molar-refractivity contribution in [2.45, 2.75) is 32.4 Å². The van der Waals surface area contributed by atoms with E-state index in [0.717, 1.165) is 50.3 Å². The number of aryl methyl sites for hydroxylation is 2. The van der Waals surface area contributed by atoms with Gasteiger partial charge in [-0.15, -0.1) is 0 Å². The first kappa shape index (κ1) is 20.8. The van der Waals surface area contributed by atoms with Crippen LogP contribution in [0.25, 0.3) is 0 Å². The largest absolute Gasteiger partial charge is 0.447 e. The van der Waals surface area contributed by atoms with Crippen LogP contribution in [0.4, 0.5) is 10.1 Å². The summed E-state index contributed by atoms with van der Waals surface area (Å²) in [5.41, 5.74) is 4.51. The van der Waals surface area contributed by atoms with Gasteiger partial charge in [0.05, 0.1) is 6.54 Å². The lowest BCUT2D eigenvalue weighted by molar-refractivity contribution is 0.102. The second-order valence-electron chi connectivity index (χ2n) is 8.56. The van der Waals surface area contributed by atoms with Crippen molar-refractivity contribution in [3.8, 4) is 0 Å². The maximum absolute atomic E-state index is 13.9. The third-order valence-corrected chi connectivity index (χ3v) is 6.32. The molecule has 1 saturated heterocycles. The summed E-state index contributed by atoms with van der Waals surface area (Å²) in [5.74, 6) is 0.125. The Bertz CT molecular complexity index is 1100. The maximum atomic E-state index is 13.9. The highest BCUT2D eigenvalue weighted by Crippen LogP contribution is 2.25. The van der Waals surface area contributed by atoms with Crippen molar-refractivity contribution in [1.82, 2.24) is 14.8 Å². The Hall–Kier alpha value is -3.03. The number of anilines is 1. The molecule has 2 aromatic carbocycles. The number of carbonyl (C=O) groups is 1. The lowest BCUT2D eigenvalue weighted by Gasteiger charge is -2.34. The molecule has 1 N–H and O–H groups in total. The minimum absolute atomic E-state index is 0.152. The van der Waals surface area contributed by atoms with Gasteiger partial charge in [0.25, 0.3) is 5.91 Å². The van der Waals surface area contributed by atoms with E-state index in [4.69, 9.17) is 4.42 Å². The minimum atomic E-state index is -0.257. The molecule has 1 aromatic heterocycles. The highest BCUT2D eigenvalue weighted by Gasteiger charge is 2.21. The first-order valence-electron chi connectivity index (χ1n) is 11.2. The maximum Gasteiger partial charge on any atom is 0.277 e. The summed E-state index contributed by atoms with van der Waals surface area (Å²) in [6, 6.07) is 13.0. The second kappa shape index (κ2) is 9.22. The predicted molar refractivity (Wildman–Crippen MR) is 120 cm³/mol. The quantitative estimate of drug-likeness (QED) is 0.638. The molecule has 0 atom stereocenters. The van der Waals surface area contributed by atoms with Crippen LogP contribution in [0, 0.1) is 5.82 Å². The van der Waals surface area contributed by atoms with Gasteiger partial charge in [-0.1, -0.05) is 24.3 Å². The Morgan fingerprint density at radius 2 is 1.75 bits per heavy atom. The van der Waals surface area contributed by atoms with Gasteiger partial charge in [-0.3, -0.25) is 14.6 Å². The van der Waals surface area contributed by atoms with Crippen LogP contribution in [-0.4, -0.2) is 46.9 Å². The van der Waals surface area contributed by atoms with E-state index in [1.807, 2.05) is 18.2 Å². The number of carbonyl (C=O) groups excluding carboxylic acids is 1. The van der Waals surface area contributed by atoms with Gasteiger partial charge in [0.15, 0.2) is 5.69 Å². The van der Waals surface area contributed by atoms with E-state index < -0.39 is 0 Å². The van der Waals surface area contributed by atoms with E-state index in [9.17, 15) is 9.18 Å². The van der Waals surface area contributed by atoms with Crippen LogP contribution in [0.1, 0.15) is 39.5 Å². The normalized spacial score (nSPS) is 16.8. The standard InChI is InChI=1S/C25H27FN4O2/c26-22-7-2-1-4-20(22)15-29-10-12-30(13-11-29)16-24-28-23(17-32-24)25(31)27-21-9-8-18-5-3-6-19(18)14-21/h1-2,4,7-9,14,17H,3,5-6,10-13,15-16H2,(H,27,31). The molecule has 0 bridgehead atoms. The molecule has 32 heavy (non-hydrogen) atoms. The zero-order valence-electron chi connectivity index (χ0n) is 18.0. The molecule has 2 aliphatic rings. The van der Waals surface area contributed by atoms with E-state index in [2.05, 4.69) is 32.2 Å². The van der Waals surface area contributed by atoms with E-state index in [1.165, 1.54) is 29.9 Å². The first-order chi connectivity index (χ1) is 15.6. The van der Waals surface area contributed by atoms with Crippen molar-refractivity contribution < 1.29 is 13.6 Å². The molecule has 1 aliphatic heterocycles. The van der Waals surface area contributed by atoms with Crippen LogP contribution in [-0.2, 0) is 25.9 Å². The smallest absolute Gasteiger partial charge is 0.277 e. The molecule has 1 fully saturated rings. The number of hydrogen-bond acceptors (Lipinski definition) is 5. The number of amides is 1. The molecule has 1 amide bonds. The van der Waals surface area contributed by atoms with Crippen LogP contribution < -0.4 is 5.32 Å². The average molecular weight is 435 g/mol. The van der Waals surface area contributed by atoms with Crippen molar-refractivity contribution >= 4 is 11.6 Å². The molecule has 3 aromatic rings. The molecule has 0 spiro atoms. The minimum Gasteiger partial charge on any atom is -0.447 e. The number of halogens is 1. The van der Waals surface area contributed by atoms with Crippen molar-refractivity contribution in [3.63, 3.8) is 0 Å². The highest BCUT2D eigenvalue weighted by atomic mass is 19.1. The molecule has 0 saturated carbocycles. The van der Waals surface area contributed by atoms with E-state index in [1.54, 1.807) is 6.07 Å². The first-order valence-corrected chi connectivity index (χ1v) is 11.2. The van der Waals surface area contributed by atoms with Crippen LogP contribution in [0.3, 0.4) is 0 Å². The van der Waals surface area contributed by atoms with Gasteiger partial charge >= 0.3 is 0 Å². The van der Waals surface area contributed by atoms with Crippen LogP contribution in [0.5, 0.6) is 0 Å². The summed E-state index contributed by atoms with van der Waals surface area (Å²) < 4.78 is 19.4. The monoisotopic (exact) mass is 434 g/mol. The Morgan fingerprint density at radius 1 is 1.00 bits per heavy atom. The van der Waals surface area contributed by atoms with Gasteiger partial charge in [0.2, 0.25) is 5.89 Å². The van der Waals surface area contributed by atoms with Crippen molar-refractivity contribution in [1.29, 1.82) is 0 Å². The van der Waals surface area contributed by atoms with Crippen LogP contribution >= 0.6 is 0 Å². The Kier molecular flexibility index (Phi) is 6.01. The topological polar surface area (TPSA) is 61.6 Å². The number of hydrogen-bond donors (Lipinski definition) is 1. The molecule has 6 nitrogen and oxygen atoms in total. The van der Waals surface area contributed by atoms with Gasteiger partial charge in [-0.2, -0.15) is 0 Å². The third kappa shape index (κ3) is 4.74. The molecular formula is C25H27FN4O2. The molecule has 0 radical (unpaired) electrons. The highest BCUT2D eigenvalue weighted by molar-refractivity contribution is 6.02. The van der Waals surface area contributed by atoms with E-state index in [-0.39, 0.29) is 11.7 Å². The van der Waals surface area contributed by atoms with Crippen molar-refractivity contribution in [2.75, 3.05) is 31.5 Å². The SMILES string of the molecule is O=C(Nc1ccc2c(c1)CCC2)c1coc(CN2CCN(Cc3ccccc3F)CC2)n1. The zero-order chi connectivity index (χ0) is 21.9. The average Bonchev–Trinajstić information content (AvgIpc) is 3.46. The number of fused-ring (bicyclic) bond motifs is 1. The van der Waals surface area contributed by atoms with Gasteiger partial charge in [-0.05, 0) is 48.6 Å². The summed E-state index contributed by atoms with van der Waals surface area (Å²) in [7, 11) is 0. The second-order valence-corrected chi connectivity index (χ2v) is 8.56. The summed E-state index contributed by atoms with van der Waals surface area (Å²) in [5, 5.41) is 2.93. The summed E-state index contributed by atoms with van der Waals surface area (Å²) in [6.07, 6.45) is 4.79. The number of benzene rings is 2. The van der Waals surface area contributed by atoms with Gasteiger partial charge in [-0.25, -0.2) is 9.37 Å². The van der Waals surface area contributed by atoms with Gasteiger partial charge in [0, 0.05) is 44.0 Å². The molecular weight excluding hydrogens is 407 g/mol. The number of nitrogens with one attached hydrogen (secondary N) is 1. The predicted octanol–water partition coefficient (Wildman–Crippen LogP) is 3.87. The van der Waals surface area contributed by atoms with Crippen LogP contribution in [0.15, 0.2) is 53.1 Å². The number of piperazine rings is 1. The summed E-state index contributed by atoms with van der Waals surface area (Å²) >= 11 is 0.